The van der Waals surface area contributed by atoms with Crippen molar-refractivity contribution in [2.75, 3.05) is 0 Å². The maximum absolute atomic E-state index is 9.09. The van der Waals surface area contributed by atoms with Crippen LogP contribution in [0, 0.1) is 11.5 Å². The fourth-order valence-electron chi connectivity index (χ4n) is 1.31. The van der Waals surface area contributed by atoms with Crippen LogP contribution in [0.3, 0.4) is 0 Å². The van der Waals surface area contributed by atoms with Crippen molar-refractivity contribution < 1.29 is 5.11 Å². The van der Waals surface area contributed by atoms with Crippen molar-refractivity contribution in [1.29, 1.82) is 0 Å². The smallest absolute Gasteiger partial charge is 0.129 e. The molecule has 0 aromatic heterocycles. The van der Waals surface area contributed by atoms with Gasteiger partial charge in [0, 0.05) is 5.56 Å². The van der Waals surface area contributed by atoms with Crippen LogP contribution in [0.4, 0.5) is 0 Å². The van der Waals surface area contributed by atoms with Gasteiger partial charge in [-0.25, -0.2) is 0 Å². The van der Waals surface area contributed by atoms with Crippen LogP contribution in [0.5, 0.6) is 0 Å². The molecular formula is C14H20OSSi. The maximum atomic E-state index is 9.09. The van der Waals surface area contributed by atoms with Crippen molar-refractivity contribution >= 4 is 20.7 Å². The summed E-state index contributed by atoms with van der Waals surface area (Å²) in [6, 6.07) is 8.25. The number of benzene rings is 1. The standard InChI is InChI=1S/C14H20OSSi/c1-17(2,3)11-10-13-6-4-12(5-7-13)8-9-14(15)16/h4-7,14-16H,8-9H2,1-3H3. The first-order chi connectivity index (χ1) is 7.87. The van der Waals surface area contributed by atoms with Crippen LogP contribution in [0.2, 0.25) is 19.6 Å². The lowest BCUT2D eigenvalue weighted by molar-refractivity contribution is 0.255. The number of hydrogen-bond donors (Lipinski definition) is 2. The Morgan fingerprint density at radius 1 is 1.24 bits per heavy atom. The highest BCUT2D eigenvalue weighted by atomic mass is 32.1. The highest BCUT2D eigenvalue weighted by Gasteiger charge is 2.07. The van der Waals surface area contributed by atoms with Gasteiger partial charge in [0.2, 0.25) is 0 Å². The monoisotopic (exact) mass is 264 g/mol. The summed E-state index contributed by atoms with van der Waals surface area (Å²) in [5.74, 6) is 3.22. The molecule has 0 fully saturated rings. The fraction of sp³-hybridized carbons (Fsp3) is 0.429. The predicted molar refractivity (Wildman–Crippen MR) is 80.0 cm³/mol. The third-order valence-electron chi connectivity index (χ3n) is 2.23. The van der Waals surface area contributed by atoms with Crippen molar-refractivity contribution in [1.82, 2.24) is 0 Å². The van der Waals surface area contributed by atoms with E-state index in [4.69, 9.17) is 5.11 Å². The molecule has 0 aliphatic heterocycles. The van der Waals surface area contributed by atoms with E-state index in [2.05, 4.69) is 55.9 Å². The number of aliphatic hydroxyl groups excluding tert-OH is 1. The first-order valence-corrected chi connectivity index (χ1v) is 9.87. The van der Waals surface area contributed by atoms with Crippen LogP contribution in [-0.4, -0.2) is 18.6 Å². The van der Waals surface area contributed by atoms with Crippen LogP contribution in [0.25, 0.3) is 0 Å². The van der Waals surface area contributed by atoms with Gasteiger partial charge in [-0.3, -0.25) is 0 Å². The Labute approximate surface area is 111 Å². The fourth-order valence-corrected chi connectivity index (χ4v) is 1.96. The minimum absolute atomic E-state index is 0.527. The molecule has 1 unspecified atom stereocenters. The summed E-state index contributed by atoms with van der Waals surface area (Å²) >= 11 is 3.95. The molecule has 0 aliphatic rings. The molecular weight excluding hydrogens is 244 g/mol. The van der Waals surface area contributed by atoms with Gasteiger partial charge < -0.3 is 5.11 Å². The summed E-state index contributed by atoms with van der Waals surface area (Å²) in [6.07, 6.45) is 1.54. The molecule has 3 heteroatoms. The van der Waals surface area contributed by atoms with E-state index in [-0.39, 0.29) is 0 Å². The van der Waals surface area contributed by atoms with E-state index in [1.165, 1.54) is 5.56 Å². The van der Waals surface area contributed by atoms with E-state index in [1.54, 1.807) is 0 Å². The molecule has 0 amide bonds. The SMILES string of the molecule is C[Si](C)(C)C#Cc1ccc(CCC(O)S)cc1. The summed E-state index contributed by atoms with van der Waals surface area (Å²) in [5.41, 5.74) is 5.11. The topological polar surface area (TPSA) is 20.2 Å². The van der Waals surface area contributed by atoms with Crippen molar-refractivity contribution in [2.45, 2.75) is 37.9 Å². The Bertz CT molecular complexity index is 407. The van der Waals surface area contributed by atoms with E-state index in [0.717, 1.165) is 12.0 Å². The molecule has 0 aliphatic carbocycles. The lowest BCUT2D eigenvalue weighted by Gasteiger charge is -2.05. The van der Waals surface area contributed by atoms with Crippen molar-refractivity contribution in [2.24, 2.45) is 0 Å². The minimum Gasteiger partial charge on any atom is -0.383 e. The lowest BCUT2D eigenvalue weighted by atomic mass is 10.1. The maximum Gasteiger partial charge on any atom is 0.129 e. The normalized spacial score (nSPS) is 12.8. The van der Waals surface area contributed by atoms with Crippen LogP contribution < -0.4 is 0 Å². The van der Waals surface area contributed by atoms with Crippen molar-refractivity contribution in [3.8, 4) is 11.5 Å². The lowest BCUT2D eigenvalue weighted by Crippen LogP contribution is -2.16. The Morgan fingerprint density at radius 2 is 1.82 bits per heavy atom. The Balaban J connectivity index is 2.64. The van der Waals surface area contributed by atoms with Gasteiger partial charge in [-0.05, 0) is 30.5 Å². The van der Waals surface area contributed by atoms with Gasteiger partial charge in [-0.1, -0.05) is 37.7 Å². The van der Waals surface area contributed by atoms with Gasteiger partial charge in [-0.2, -0.15) is 0 Å². The highest BCUT2D eigenvalue weighted by molar-refractivity contribution is 7.80. The minimum atomic E-state index is -1.29. The number of aryl methyl sites for hydroxylation is 1. The van der Waals surface area contributed by atoms with Gasteiger partial charge in [0.15, 0.2) is 0 Å². The molecule has 1 aromatic carbocycles. The molecule has 1 nitrogen and oxygen atoms in total. The summed E-state index contributed by atoms with van der Waals surface area (Å²) in [7, 11) is -1.29. The summed E-state index contributed by atoms with van der Waals surface area (Å²) in [4.78, 5) is 0. The predicted octanol–water partition coefficient (Wildman–Crippen LogP) is 3.10. The van der Waals surface area contributed by atoms with Crippen LogP contribution in [-0.2, 0) is 6.42 Å². The second-order valence-corrected chi connectivity index (χ2v) is 10.6. The number of rotatable bonds is 3. The van der Waals surface area contributed by atoms with Gasteiger partial charge in [-0.15, -0.1) is 18.2 Å². The molecule has 1 aromatic rings. The van der Waals surface area contributed by atoms with E-state index < -0.39 is 13.5 Å². The molecule has 92 valence electrons. The van der Waals surface area contributed by atoms with Crippen LogP contribution in [0.15, 0.2) is 24.3 Å². The third kappa shape index (κ3) is 6.57. The summed E-state index contributed by atoms with van der Waals surface area (Å²) in [6.45, 7) is 6.72. The zero-order chi connectivity index (χ0) is 12.9. The Hall–Kier alpha value is -0.693. The second kappa shape index (κ2) is 6.30. The summed E-state index contributed by atoms with van der Waals surface area (Å²) in [5, 5.41) is 9.09. The van der Waals surface area contributed by atoms with E-state index in [1.807, 2.05) is 12.1 Å². The van der Waals surface area contributed by atoms with E-state index in [0.29, 0.717) is 6.42 Å². The third-order valence-corrected chi connectivity index (χ3v) is 3.36. The average Bonchev–Trinajstić information content (AvgIpc) is 2.24. The molecule has 17 heavy (non-hydrogen) atoms. The molecule has 1 rings (SSSR count). The van der Waals surface area contributed by atoms with Crippen molar-refractivity contribution in [3.05, 3.63) is 35.4 Å². The second-order valence-electron chi connectivity index (χ2n) is 5.22. The molecule has 0 spiro atoms. The number of aliphatic hydroxyl groups is 1. The van der Waals surface area contributed by atoms with Crippen LogP contribution in [0.1, 0.15) is 17.5 Å². The van der Waals surface area contributed by atoms with Gasteiger partial charge in [0.05, 0.1) is 5.44 Å². The first-order valence-electron chi connectivity index (χ1n) is 5.85. The zero-order valence-corrected chi connectivity index (χ0v) is 12.6. The number of thiol groups is 1. The van der Waals surface area contributed by atoms with Gasteiger partial charge in [0.1, 0.15) is 8.07 Å². The van der Waals surface area contributed by atoms with Crippen molar-refractivity contribution in [3.63, 3.8) is 0 Å². The summed E-state index contributed by atoms with van der Waals surface area (Å²) < 4.78 is 0. The first kappa shape index (κ1) is 14.4. The largest absolute Gasteiger partial charge is 0.383 e. The number of hydrogen-bond acceptors (Lipinski definition) is 2. The quantitative estimate of drug-likeness (QED) is 0.372. The molecule has 0 heterocycles. The molecule has 1 N–H and O–H groups in total. The average molecular weight is 264 g/mol. The Kier molecular flexibility index (Phi) is 5.32. The molecule has 0 bridgehead atoms. The molecule has 0 radical (unpaired) electrons. The molecule has 1 atom stereocenters. The molecule has 0 saturated carbocycles. The zero-order valence-electron chi connectivity index (χ0n) is 10.7. The van der Waals surface area contributed by atoms with Crippen LogP contribution >= 0.6 is 12.6 Å². The Morgan fingerprint density at radius 3 is 2.29 bits per heavy atom. The highest BCUT2D eigenvalue weighted by Crippen LogP contribution is 2.09. The van der Waals surface area contributed by atoms with Gasteiger partial charge in [0.25, 0.3) is 0 Å². The van der Waals surface area contributed by atoms with E-state index >= 15 is 0 Å². The molecule has 0 saturated heterocycles. The van der Waals surface area contributed by atoms with Gasteiger partial charge >= 0.3 is 0 Å². The van der Waals surface area contributed by atoms with E-state index in [9.17, 15) is 0 Å².